The first-order valence-electron chi connectivity index (χ1n) is 4.12. The number of carbonyl (C=O) groups is 1. The third-order valence-electron chi connectivity index (χ3n) is 1.82. The molecule has 0 bridgehead atoms. The number of carboxylic acids is 1. The standard InChI is InChI=1S/C10H6BrNO3/c11-7-3-1-6(2-4-7)8-5-12-9(15-8)10(13)14/h1-5H,(H,13,14). The van der Waals surface area contributed by atoms with Gasteiger partial charge in [-0.1, -0.05) is 28.1 Å². The van der Waals surface area contributed by atoms with Crippen LogP contribution in [0.2, 0.25) is 0 Å². The Balaban J connectivity index is 2.37. The Labute approximate surface area is 93.7 Å². The van der Waals surface area contributed by atoms with E-state index >= 15 is 0 Å². The van der Waals surface area contributed by atoms with Gasteiger partial charge in [0.05, 0.1) is 6.20 Å². The molecule has 0 amide bonds. The summed E-state index contributed by atoms with van der Waals surface area (Å²) >= 11 is 3.31. The maximum Gasteiger partial charge on any atom is 0.392 e. The minimum atomic E-state index is -1.17. The van der Waals surface area contributed by atoms with Crippen molar-refractivity contribution in [3.05, 3.63) is 40.8 Å². The van der Waals surface area contributed by atoms with Crippen LogP contribution in [-0.2, 0) is 0 Å². The monoisotopic (exact) mass is 267 g/mol. The van der Waals surface area contributed by atoms with E-state index in [9.17, 15) is 4.79 Å². The molecular formula is C10H6BrNO3. The Morgan fingerprint density at radius 3 is 2.53 bits per heavy atom. The molecule has 2 aromatic rings. The van der Waals surface area contributed by atoms with Gasteiger partial charge < -0.3 is 9.52 Å². The van der Waals surface area contributed by atoms with Crippen LogP contribution < -0.4 is 0 Å². The molecule has 0 aliphatic heterocycles. The molecule has 2 rings (SSSR count). The molecule has 0 radical (unpaired) electrons. The zero-order chi connectivity index (χ0) is 10.8. The Morgan fingerprint density at radius 2 is 2.00 bits per heavy atom. The van der Waals surface area contributed by atoms with Crippen molar-refractivity contribution in [2.75, 3.05) is 0 Å². The number of carboxylic acid groups (broad SMARTS) is 1. The second-order valence-corrected chi connectivity index (χ2v) is 3.76. The molecule has 1 aromatic carbocycles. The molecule has 0 aliphatic carbocycles. The molecule has 1 heterocycles. The Morgan fingerprint density at radius 1 is 1.33 bits per heavy atom. The third-order valence-corrected chi connectivity index (χ3v) is 2.35. The topological polar surface area (TPSA) is 63.3 Å². The predicted molar refractivity (Wildman–Crippen MR) is 56.6 cm³/mol. The lowest BCUT2D eigenvalue weighted by Gasteiger charge is -1.95. The molecular weight excluding hydrogens is 262 g/mol. The van der Waals surface area contributed by atoms with E-state index in [1.165, 1.54) is 6.20 Å². The summed E-state index contributed by atoms with van der Waals surface area (Å²) in [7, 11) is 0. The number of benzene rings is 1. The van der Waals surface area contributed by atoms with Crippen molar-refractivity contribution in [1.29, 1.82) is 0 Å². The van der Waals surface area contributed by atoms with Gasteiger partial charge in [0.15, 0.2) is 5.76 Å². The van der Waals surface area contributed by atoms with E-state index in [-0.39, 0.29) is 5.89 Å². The van der Waals surface area contributed by atoms with Gasteiger partial charge in [-0.2, -0.15) is 0 Å². The maximum atomic E-state index is 10.5. The number of oxazole rings is 1. The van der Waals surface area contributed by atoms with E-state index in [4.69, 9.17) is 9.52 Å². The van der Waals surface area contributed by atoms with E-state index in [1.54, 1.807) is 0 Å². The lowest BCUT2D eigenvalue weighted by molar-refractivity contribution is 0.0654. The number of aromatic nitrogens is 1. The lowest BCUT2D eigenvalue weighted by atomic mass is 10.2. The minimum absolute atomic E-state index is 0.298. The molecule has 1 aromatic heterocycles. The summed E-state index contributed by atoms with van der Waals surface area (Å²) < 4.78 is 5.99. The first kappa shape index (κ1) is 9.92. The molecule has 4 nitrogen and oxygen atoms in total. The molecule has 5 heteroatoms. The SMILES string of the molecule is O=C(O)c1ncc(-c2ccc(Br)cc2)o1. The van der Waals surface area contributed by atoms with Crippen molar-refractivity contribution >= 4 is 21.9 Å². The zero-order valence-corrected chi connectivity index (χ0v) is 9.06. The van der Waals surface area contributed by atoms with Crippen LogP contribution in [0.25, 0.3) is 11.3 Å². The van der Waals surface area contributed by atoms with Crippen LogP contribution in [0.3, 0.4) is 0 Å². The summed E-state index contributed by atoms with van der Waals surface area (Å²) in [6.07, 6.45) is 1.40. The van der Waals surface area contributed by atoms with Gasteiger partial charge in [-0.15, -0.1) is 0 Å². The van der Waals surface area contributed by atoms with Gasteiger partial charge in [-0.3, -0.25) is 0 Å². The number of rotatable bonds is 2. The van der Waals surface area contributed by atoms with Gasteiger partial charge in [0.1, 0.15) is 0 Å². The van der Waals surface area contributed by atoms with Crippen molar-refractivity contribution in [3.8, 4) is 11.3 Å². The molecule has 0 unspecified atom stereocenters. The molecule has 0 spiro atoms. The Bertz CT molecular complexity index is 490. The first-order chi connectivity index (χ1) is 7.16. The zero-order valence-electron chi connectivity index (χ0n) is 7.48. The van der Waals surface area contributed by atoms with E-state index in [0.29, 0.717) is 5.76 Å². The highest BCUT2D eigenvalue weighted by Crippen LogP contribution is 2.22. The van der Waals surface area contributed by atoms with Crippen molar-refractivity contribution in [1.82, 2.24) is 4.98 Å². The summed E-state index contributed by atoms with van der Waals surface area (Å²) in [6.45, 7) is 0. The largest absolute Gasteiger partial charge is 0.474 e. The quantitative estimate of drug-likeness (QED) is 0.909. The van der Waals surface area contributed by atoms with Crippen LogP contribution in [-0.4, -0.2) is 16.1 Å². The van der Waals surface area contributed by atoms with Gasteiger partial charge in [-0.05, 0) is 12.1 Å². The van der Waals surface area contributed by atoms with Crippen LogP contribution in [0.1, 0.15) is 10.7 Å². The van der Waals surface area contributed by atoms with Crippen LogP contribution in [0, 0.1) is 0 Å². The van der Waals surface area contributed by atoms with Crippen LogP contribution in [0.5, 0.6) is 0 Å². The highest BCUT2D eigenvalue weighted by molar-refractivity contribution is 9.10. The minimum Gasteiger partial charge on any atom is -0.474 e. The highest BCUT2D eigenvalue weighted by atomic mass is 79.9. The van der Waals surface area contributed by atoms with Gasteiger partial charge in [0.2, 0.25) is 0 Å². The molecule has 15 heavy (non-hydrogen) atoms. The summed E-state index contributed by atoms with van der Waals surface area (Å²) in [4.78, 5) is 14.2. The molecule has 0 fully saturated rings. The number of hydrogen-bond donors (Lipinski definition) is 1. The lowest BCUT2D eigenvalue weighted by Crippen LogP contribution is -1.94. The Kier molecular flexibility index (Phi) is 2.55. The van der Waals surface area contributed by atoms with Crippen molar-refractivity contribution < 1.29 is 14.3 Å². The first-order valence-corrected chi connectivity index (χ1v) is 4.91. The summed E-state index contributed by atoms with van der Waals surface area (Å²) in [5.41, 5.74) is 0.790. The summed E-state index contributed by atoms with van der Waals surface area (Å²) in [5, 5.41) is 8.63. The second kappa shape index (κ2) is 3.86. The van der Waals surface area contributed by atoms with E-state index in [1.807, 2.05) is 24.3 Å². The number of halogens is 1. The van der Waals surface area contributed by atoms with Gasteiger partial charge in [0.25, 0.3) is 0 Å². The number of hydrogen-bond acceptors (Lipinski definition) is 3. The molecule has 1 N–H and O–H groups in total. The predicted octanol–water partition coefficient (Wildman–Crippen LogP) is 2.80. The fraction of sp³-hybridized carbons (Fsp3) is 0. The van der Waals surface area contributed by atoms with Crippen molar-refractivity contribution in [3.63, 3.8) is 0 Å². The normalized spacial score (nSPS) is 10.2. The fourth-order valence-electron chi connectivity index (χ4n) is 1.12. The van der Waals surface area contributed by atoms with Gasteiger partial charge >= 0.3 is 11.9 Å². The molecule has 0 saturated carbocycles. The average molecular weight is 268 g/mol. The van der Waals surface area contributed by atoms with E-state index in [0.717, 1.165) is 10.0 Å². The Hall–Kier alpha value is -1.62. The van der Waals surface area contributed by atoms with Crippen LogP contribution in [0.4, 0.5) is 0 Å². The highest BCUT2D eigenvalue weighted by Gasteiger charge is 2.11. The maximum absolute atomic E-state index is 10.5. The third kappa shape index (κ3) is 2.07. The van der Waals surface area contributed by atoms with Crippen molar-refractivity contribution in [2.24, 2.45) is 0 Å². The smallest absolute Gasteiger partial charge is 0.392 e. The van der Waals surface area contributed by atoms with Crippen LogP contribution in [0.15, 0.2) is 39.4 Å². The number of nitrogens with zero attached hydrogens (tertiary/aromatic N) is 1. The van der Waals surface area contributed by atoms with Crippen LogP contribution >= 0.6 is 15.9 Å². The fourth-order valence-corrected chi connectivity index (χ4v) is 1.38. The summed E-state index contributed by atoms with van der Waals surface area (Å²) in [5.74, 6) is -1.02. The van der Waals surface area contributed by atoms with Gasteiger partial charge in [-0.25, -0.2) is 9.78 Å². The van der Waals surface area contributed by atoms with Gasteiger partial charge in [0, 0.05) is 10.0 Å². The van der Waals surface area contributed by atoms with E-state index in [2.05, 4.69) is 20.9 Å². The van der Waals surface area contributed by atoms with E-state index < -0.39 is 5.97 Å². The van der Waals surface area contributed by atoms with Crippen molar-refractivity contribution in [2.45, 2.75) is 0 Å². The molecule has 0 aliphatic rings. The molecule has 0 atom stereocenters. The summed E-state index contributed by atoms with van der Waals surface area (Å²) in [6, 6.07) is 7.32. The molecule has 0 saturated heterocycles. The number of aromatic carboxylic acids is 1. The second-order valence-electron chi connectivity index (χ2n) is 2.84. The molecule has 76 valence electrons. The average Bonchev–Trinajstić information content (AvgIpc) is 2.68.